The molecule has 4 N–H and O–H groups in total. The molecule has 2 aliphatic rings. The van der Waals surface area contributed by atoms with E-state index in [1.54, 1.807) is 70.7 Å². The number of likely N-dealkylation sites (tertiary alicyclic amines) is 2. The van der Waals surface area contributed by atoms with Crippen LogP contribution in [0.4, 0.5) is 9.59 Å². The summed E-state index contributed by atoms with van der Waals surface area (Å²) in [5, 5.41) is 19.5. The lowest BCUT2D eigenvalue weighted by molar-refractivity contribution is -0.138. The van der Waals surface area contributed by atoms with Crippen LogP contribution in [0.3, 0.4) is 0 Å². The van der Waals surface area contributed by atoms with Crippen LogP contribution in [0.2, 0.25) is 0 Å². The third-order valence-electron chi connectivity index (χ3n) is 10.8. The van der Waals surface area contributed by atoms with Crippen molar-refractivity contribution in [3.63, 3.8) is 0 Å². The molecule has 0 saturated carbocycles. The first-order chi connectivity index (χ1) is 28.1. The van der Waals surface area contributed by atoms with Gasteiger partial charge in [-0.2, -0.15) is 0 Å². The number of amides is 4. The number of aromatic nitrogens is 4. The summed E-state index contributed by atoms with van der Waals surface area (Å²) in [5.41, 5.74) is 4.59. The second-order valence-electron chi connectivity index (χ2n) is 14.5. The van der Waals surface area contributed by atoms with Crippen molar-refractivity contribution in [2.45, 2.75) is 49.9 Å². The minimum atomic E-state index is -1.18. The van der Waals surface area contributed by atoms with E-state index in [9.17, 15) is 29.4 Å². The number of H-pyrrole nitrogens is 2. The molecule has 58 heavy (non-hydrogen) atoms. The number of likely N-dealkylation sites (N-methyl/N-ethyl adjacent to an activating group) is 2. The predicted octanol–water partition coefficient (Wildman–Crippen LogP) is 7.50. The number of nitrogens with one attached hydrogen (secondary N) is 2. The lowest BCUT2D eigenvalue weighted by Gasteiger charge is -2.32. The zero-order chi connectivity index (χ0) is 40.8. The van der Waals surface area contributed by atoms with Crippen LogP contribution in [0.5, 0.6) is 0 Å². The Bertz CT molecular complexity index is 2130. The molecule has 298 valence electrons. The molecule has 4 amide bonds. The van der Waals surface area contributed by atoms with Gasteiger partial charge in [-0.05, 0) is 60.1 Å². The number of hydrogen-bond acceptors (Lipinski definition) is 6. The molecule has 0 spiro atoms. The Kier molecular flexibility index (Phi) is 11.8. The fourth-order valence-electron chi connectivity index (χ4n) is 7.80. The van der Waals surface area contributed by atoms with E-state index in [0.717, 1.165) is 46.6 Å². The topological polar surface area (TPSA) is 179 Å². The first-order valence-electron chi connectivity index (χ1n) is 19.3. The SMILES string of the molecule is CN(C(=O)O)[C@@H](C(=O)N1CCC[C@H]1c1nc(C=Cc2ccc(C=Cc3c[nH]c([C@@H]4CCCN4C(=O)[C@@H](c4ccccc4)N(C)C(=O)O)n3)cc2)c[nH]1)c1ccccc1. The summed E-state index contributed by atoms with van der Waals surface area (Å²) in [5.74, 6) is 0.765. The molecule has 2 aliphatic heterocycles. The van der Waals surface area contributed by atoms with Gasteiger partial charge < -0.3 is 30.0 Å². The molecule has 14 nitrogen and oxygen atoms in total. The average Bonchev–Trinajstić information content (AvgIpc) is 4.08. The number of carbonyl (C=O) groups excluding carboxylic acids is 2. The molecular formula is C44H46N8O6. The highest BCUT2D eigenvalue weighted by Gasteiger charge is 2.40. The van der Waals surface area contributed by atoms with E-state index in [1.807, 2.05) is 60.7 Å². The Morgan fingerprint density at radius 3 is 1.36 bits per heavy atom. The van der Waals surface area contributed by atoms with Crippen LogP contribution in [0.15, 0.2) is 97.3 Å². The highest BCUT2D eigenvalue weighted by molar-refractivity contribution is 5.88. The summed E-state index contributed by atoms with van der Waals surface area (Å²) in [6.07, 6.45) is 12.0. The maximum absolute atomic E-state index is 13.9. The van der Waals surface area contributed by atoms with E-state index >= 15 is 0 Å². The predicted molar refractivity (Wildman–Crippen MR) is 219 cm³/mol. The molecule has 3 aromatic carbocycles. The molecule has 14 heteroatoms. The summed E-state index contributed by atoms with van der Waals surface area (Å²) in [4.78, 5) is 73.2. The van der Waals surface area contributed by atoms with Gasteiger partial charge >= 0.3 is 12.2 Å². The van der Waals surface area contributed by atoms with Crippen molar-refractivity contribution in [2.24, 2.45) is 0 Å². The third kappa shape index (κ3) is 8.55. The maximum atomic E-state index is 13.9. The quantitative estimate of drug-likeness (QED) is 0.100. The fraction of sp³-hybridized carbons (Fsp3) is 0.273. The van der Waals surface area contributed by atoms with E-state index < -0.39 is 24.3 Å². The number of rotatable bonds is 12. The lowest BCUT2D eigenvalue weighted by Crippen LogP contribution is -2.43. The Morgan fingerprint density at radius 1 is 0.621 bits per heavy atom. The van der Waals surface area contributed by atoms with Gasteiger partial charge in [0.1, 0.15) is 23.7 Å². The molecule has 4 heterocycles. The number of carboxylic acid groups (broad SMARTS) is 2. The fourth-order valence-corrected chi connectivity index (χ4v) is 7.80. The summed E-state index contributed by atoms with van der Waals surface area (Å²) >= 11 is 0. The maximum Gasteiger partial charge on any atom is 0.407 e. The summed E-state index contributed by atoms with van der Waals surface area (Å²) in [7, 11) is 2.84. The minimum absolute atomic E-state index is 0.277. The van der Waals surface area contributed by atoms with Crippen LogP contribution in [-0.2, 0) is 9.59 Å². The van der Waals surface area contributed by atoms with Gasteiger partial charge in [0.2, 0.25) is 0 Å². The van der Waals surface area contributed by atoms with Crippen molar-refractivity contribution >= 4 is 48.3 Å². The molecule has 0 aliphatic carbocycles. The molecular weight excluding hydrogens is 737 g/mol. The number of benzene rings is 3. The highest BCUT2D eigenvalue weighted by Crippen LogP contribution is 2.36. The summed E-state index contributed by atoms with van der Waals surface area (Å²) < 4.78 is 0. The molecule has 4 atom stereocenters. The average molecular weight is 783 g/mol. The molecule has 7 rings (SSSR count). The van der Waals surface area contributed by atoms with Gasteiger partial charge in [0.05, 0.1) is 23.5 Å². The normalized spacial score (nSPS) is 17.8. The lowest BCUT2D eigenvalue weighted by atomic mass is 10.0. The van der Waals surface area contributed by atoms with Crippen molar-refractivity contribution in [1.82, 2.24) is 39.5 Å². The molecule has 2 saturated heterocycles. The number of carbonyl (C=O) groups is 4. The van der Waals surface area contributed by atoms with Crippen LogP contribution in [0.1, 0.15) is 95.1 Å². The van der Waals surface area contributed by atoms with Crippen molar-refractivity contribution < 1.29 is 29.4 Å². The summed E-state index contributed by atoms with van der Waals surface area (Å²) in [6.45, 7) is 1.02. The van der Waals surface area contributed by atoms with Crippen LogP contribution in [-0.4, -0.2) is 101 Å². The van der Waals surface area contributed by atoms with E-state index in [2.05, 4.69) is 9.97 Å². The zero-order valence-corrected chi connectivity index (χ0v) is 32.3. The van der Waals surface area contributed by atoms with Crippen molar-refractivity contribution in [2.75, 3.05) is 27.2 Å². The summed E-state index contributed by atoms with van der Waals surface area (Å²) in [6, 6.07) is 23.4. The number of hydrogen-bond donors (Lipinski definition) is 4. The molecule has 0 bridgehead atoms. The highest BCUT2D eigenvalue weighted by atomic mass is 16.4. The van der Waals surface area contributed by atoms with Crippen molar-refractivity contribution in [3.05, 3.63) is 143 Å². The van der Waals surface area contributed by atoms with Crippen LogP contribution in [0.25, 0.3) is 24.3 Å². The second kappa shape index (κ2) is 17.5. The van der Waals surface area contributed by atoms with Crippen LogP contribution >= 0.6 is 0 Å². The van der Waals surface area contributed by atoms with E-state index in [0.29, 0.717) is 47.3 Å². The van der Waals surface area contributed by atoms with Gasteiger partial charge in [0.15, 0.2) is 0 Å². The van der Waals surface area contributed by atoms with E-state index in [1.165, 1.54) is 14.1 Å². The second-order valence-corrected chi connectivity index (χ2v) is 14.5. The van der Waals surface area contributed by atoms with Gasteiger partial charge in [-0.15, -0.1) is 0 Å². The zero-order valence-electron chi connectivity index (χ0n) is 32.3. The first-order valence-corrected chi connectivity index (χ1v) is 19.3. The number of nitrogens with zero attached hydrogens (tertiary/aromatic N) is 6. The smallest absolute Gasteiger partial charge is 0.407 e. The molecule has 2 aromatic heterocycles. The third-order valence-corrected chi connectivity index (χ3v) is 10.8. The van der Waals surface area contributed by atoms with E-state index in [-0.39, 0.29) is 23.9 Å². The largest absolute Gasteiger partial charge is 0.465 e. The Balaban J connectivity index is 0.975. The van der Waals surface area contributed by atoms with E-state index in [4.69, 9.17) is 9.97 Å². The minimum Gasteiger partial charge on any atom is -0.465 e. The van der Waals surface area contributed by atoms with Gasteiger partial charge in [0.25, 0.3) is 11.8 Å². The van der Waals surface area contributed by atoms with Gasteiger partial charge in [-0.1, -0.05) is 97.1 Å². The first kappa shape index (κ1) is 39.3. The number of aromatic amines is 2. The van der Waals surface area contributed by atoms with Crippen molar-refractivity contribution in [3.8, 4) is 0 Å². The Morgan fingerprint density at radius 2 is 1.00 bits per heavy atom. The van der Waals surface area contributed by atoms with Gasteiger partial charge in [-0.25, -0.2) is 19.6 Å². The standard InChI is InChI=1S/C44H46N8O6/c1-49(43(55)56)37(31-11-5-3-6-12-31)41(53)51-25-9-15-35(51)39-45-27-33(47-39)23-21-29-17-19-30(20-18-29)22-24-34-28-46-40(48-34)36-16-10-26-52(36)42(54)38(50(2)44(57)58)32-13-7-4-8-14-32/h3-8,11-14,17-24,27-28,35-38H,9-10,15-16,25-26H2,1-2H3,(H,45,47)(H,46,48)(H,55,56)(H,57,58)/t35-,36-,37+,38+/m0/s1. The molecule has 0 radical (unpaired) electrons. The molecule has 5 aromatic rings. The Hall–Kier alpha value is -6.96. The monoisotopic (exact) mass is 782 g/mol. The van der Waals surface area contributed by atoms with Crippen LogP contribution < -0.4 is 0 Å². The number of imidazole rings is 2. The van der Waals surface area contributed by atoms with Crippen molar-refractivity contribution in [1.29, 1.82) is 0 Å². The van der Waals surface area contributed by atoms with Gasteiger partial charge in [0, 0.05) is 39.6 Å². The molecule has 2 fully saturated rings. The molecule has 0 unspecified atom stereocenters. The van der Waals surface area contributed by atoms with Gasteiger partial charge in [-0.3, -0.25) is 19.4 Å². The Labute approximate surface area is 336 Å². The van der Waals surface area contributed by atoms with Crippen LogP contribution in [0, 0.1) is 0 Å².